The van der Waals surface area contributed by atoms with E-state index in [1.165, 1.54) is 0 Å². The van der Waals surface area contributed by atoms with E-state index in [1.807, 2.05) is 54.1 Å². The first kappa shape index (κ1) is 12.3. The van der Waals surface area contributed by atoms with Crippen LogP contribution in [0.25, 0.3) is 11.4 Å². The second-order valence-electron chi connectivity index (χ2n) is 4.52. The first-order valence-electron chi connectivity index (χ1n) is 6.41. The molecule has 0 bridgehead atoms. The Kier molecular flexibility index (Phi) is 3.41. The van der Waals surface area contributed by atoms with Gasteiger partial charge in [0.05, 0.1) is 12.2 Å². The summed E-state index contributed by atoms with van der Waals surface area (Å²) in [5.74, 6) is 0.862. The van der Waals surface area contributed by atoms with Crippen molar-refractivity contribution in [3.63, 3.8) is 0 Å². The fraction of sp³-hybridized carbons (Fsp3) is 0.133. The van der Waals surface area contributed by atoms with Crippen LogP contribution in [0.1, 0.15) is 5.69 Å². The zero-order valence-corrected chi connectivity index (χ0v) is 11.2. The Morgan fingerprint density at radius 3 is 2.60 bits per heavy atom. The van der Waals surface area contributed by atoms with Crippen LogP contribution in [0, 0.1) is 0 Å². The van der Waals surface area contributed by atoms with E-state index < -0.39 is 0 Å². The quantitative estimate of drug-likeness (QED) is 0.787. The van der Waals surface area contributed by atoms with Crippen LogP contribution < -0.4 is 5.32 Å². The molecule has 1 N–H and O–H groups in total. The number of nitrogens with one attached hydrogen (secondary N) is 1. The normalized spacial score (nSPS) is 10.4. The number of nitrogens with zero attached hydrogens (tertiary/aromatic N) is 4. The molecule has 0 saturated carbocycles. The fourth-order valence-corrected chi connectivity index (χ4v) is 1.98. The zero-order chi connectivity index (χ0) is 13.8. The molecule has 0 aliphatic rings. The van der Waals surface area contributed by atoms with E-state index in [2.05, 4.69) is 20.5 Å². The summed E-state index contributed by atoms with van der Waals surface area (Å²) in [7, 11) is 1.93. The molecule has 0 aliphatic carbocycles. The van der Waals surface area contributed by atoms with Crippen molar-refractivity contribution in [2.24, 2.45) is 7.05 Å². The molecule has 0 unspecified atom stereocenters. The number of rotatable bonds is 4. The van der Waals surface area contributed by atoms with Crippen LogP contribution in [0.5, 0.6) is 0 Å². The van der Waals surface area contributed by atoms with Crippen LogP contribution in [0.15, 0.2) is 55.0 Å². The summed E-state index contributed by atoms with van der Waals surface area (Å²) in [5.41, 5.74) is 3.12. The van der Waals surface area contributed by atoms with Crippen molar-refractivity contribution in [1.29, 1.82) is 0 Å². The van der Waals surface area contributed by atoms with Crippen molar-refractivity contribution in [3.05, 3.63) is 60.7 Å². The summed E-state index contributed by atoms with van der Waals surface area (Å²) in [4.78, 5) is 4.28. The van der Waals surface area contributed by atoms with Gasteiger partial charge in [0.25, 0.3) is 0 Å². The number of aryl methyl sites for hydroxylation is 1. The van der Waals surface area contributed by atoms with Gasteiger partial charge in [-0.1, -0.05) is 6.07 Å². The summed E-state index contributed by atoms with van der Waals surface area (Å²) in [5, 5.41) is 11.3. The number of anilines is 1. The molecule has 20 heavy (non-hydrogen) atoms. The maximum Gasteiger partial charge on any atom is 0.163 e. The SMILES string of the molecule is Cn1cnnc1-c1ccc(NCc2ccccn2)cc1. The van der Waals surface area contributed by atoms with Gasteiger partial charge in [0.15, 0.2) is 5.82 Å². The Morgan fingerprint density at radius 1 is 1.10 bits per heavy atom. The predicted octanol–water partition coefficient (Wildman–Crippen LogP) is 2.49. The van der Waals surface area contributed by atoms with Gasteiger partial charge in [-0.15, -0.1) is 10.2 Å². The molecular formula is C15H15N5. The van der Waals surface area contributed by atoms with E-state index in [9.17, 15) is 0 Å². The van der Waals surface area contributed by atoms with Crippen LogP contribution in [-0.2, 0) is 13.6 Å². The maximum atomic E-state index is 4.28. The molecule has 5 nitrogen and oxygen atoms in total. The minimum absolute atomic E-state index is 0.712. The van der Waals surface area contributed by atoms with Crippen LogP contribution in [-0.4, -0.2) is 19.7 Å². The summed E-state index contributed by atoms with van der Waals surface area (Å²) in [6.45, 7) is 0.712. The molecule has 2 aromatic heterocycles. The van der Waals surface area contributed by atoms with Gasteiger partial charge < -0.3 is 9.88 Å². The van der Waals surface area contributed by atoms with Gasteiger partial charge in [-0.3, -0.25) is 4.98 Å². The molecular weight excluding hydrogens is 250 g/mol. The van der Waals surface area contributed by atoms with Crippen molar-refractivity contribution in [1.82, 2.24) is 19.7 Å². The zero-order valence-electron chi connectivity index (χ0n) is 11.2. The van der Waals surface area contributed by atoms with Crippen LogP contribution in [0.4, 0.5) is 5.69 Å². The van der Waals surface area contributed by atoms with Gasteiger partial charge in [0.1, 0.15) is 6.33 Å². The average molecular weight is 265 g/mol. The van der Waals surface area contributed by atoms with Crippen molar-refractivity contribution < 1.29 is 0 Å². The molecule has 0 atom stereocenters. The highest BCUT2D eigenvalue weighted by Crippen LogP contribution is 2.18. The van der Waals surface area contributed by atoms with Gasteiger partial charge in [-0.2, -0.15) is 0 Å². The van der Waals surface area contributed by atoms with Crippen LogP contribution in [0.2, 0.25) is 0 Å². The highest BCUT2D eigenvalue weighted by atomic mass is 15.2. The monoisotopic (exact) mass is 265 g/mol. The third kappa shape index (κ3) is 2.66. The van der Waals surface area contributed by atoms with E-state index in [0.717, 1.165) is 22.8 Å². The Labute approximate surface area is 117 Å². The minimum Gasteiger partial charge on any atom is -0.379 e. The van der Waals surface area contributed by atoms with Gasteiger partial charge in [-0.05, 0) is 36.4 Å². The second-order valence-corrected chi connectivity index (χ2v) is 4.52. The minimum atomic E-state index is 0.712. The largest absolute Gasteiger partial charge is 0.379 e. The first-order chi connectivity index (χ1) is 9.83. The molecule has 3 rings (SSSR count). The summed E-state index contributed by atoms with van der Waals surface area (Å²) in [6.07, 6.45) is 3.50. The third-order valence-electron chi connectivity index (χ3n) is 3.05. The Hall–Kier alpha value is -2.69. The topological polar surface area (TPSA) is 55.6 Å². The molecule has 0 aliphatic heterocycles. The number of hydrogen-bond acceptors (Lipinski definition) is 4. The number of aromatic nitrogens is 4. The Bertz CT molecular complexity index is 673. The highest BCUT2D eigenvalue weighted by molar-refractivity contribution is 5.59. The second kappa shape index (κ2) is 5.52. The smallest absolute Gasteiger partial charge is 0.163 e. The number of hydrogen-bond donors (Lipinski definition) is 1. The first-order valence-corrected chi connectivity index (χ1v) is 6.41. The van der Waals surface area contributed by atoms with Crippen molar-refractivity contribution in [3.8, 4) is 11.4 Å². The van der Waals surface area contributed by atoms with Crippen molar-refractivity contribution >= 4 is 5.69 Å². The Morgan fingerprint density at radius 2 is 1.95 bits per heavy atom. The molecule has 0 fully saturated rings. The number of pyridine rings is 1. The Balaban J connectivity index is 1.69. The average Bonchev–Trinajstić information content (AvgIpc) is 2.93. The lowest BCUT2D eigenvalue weighted by molar-refractivity contribution is 0.920. The molecule has 0 radical (unpaired) electrons. The summed E-state index contributed by atoms with van der Waals surface area (Å²) in [6, 6.07) is 14.0. The third-order valence-corrected chi connectivity index (χ3v) is 3.05. The van der Waals surface area contributed by atoms with Gasteiger partial charge in [0.2, 0.25) is 0 Å². The van der Waals surface area contributed by atoms with E-state index in [4.69, 9.17) is 0 Å². The van der Waals surface area contributed by atoms with E-state index in [-0.39, 0.29) is 0 Å². The number of benzene rings is 1. The van der Waals surface area contributed by atoms with E-state index in [1.54, 1.807) is 12.5 Å². The van der Waals surface area contributed by atoms with E-state index >= 15 is 0 Å². The van der Waals surface area contributed by atoms with E-state index in [0.29, 0.717) is 6.54 Å². The molecule has 5 heteroatoms. The van der Waals surface area contributed by atoms with Crippen LogP contribution in [0.3, 0.4) is 0 Å². The maximum absolute atomic E-state index is 4.28. The standard InChI is InChI=1S/C15H15N5/c1-20-11-18-19-15(20)12-5-7-13(8-6-12)17-10-14-4-2-3-9-16-14/h2-9,11,17H,10H2,1H3. The fourth-order valence-electron chi connectivity index (χ4n) is 1.98. The molecule has 3 aromatic rings. The van der Waals surface area contributed by atoms with Crippen LogP contribution >= 0.6 is 0 Å². The molecule has 0 spiro atoms. The van der Waals surface area contributed by atoms with Gasteiger partial charge in [0, 0.05) is 24.5 Å². The van der Waals surface area contributed by atoms with Crippen molar-refractivity contribution in [2.45, 2.75) is 6.54 Å². The molecule has 0 saturated heterocycles. The molecule has 100 valence electrons. The lowest BCUT2D eigenvalue weighted by Gasteiger charge is -2.07. The lowest BCUT2D eigenvalue weighted by Crippen LogP contribution is -2.01. The highest BCUT2D eigenvalue weighted by Gasteiger charge is 2.03. The van der Waals surface area contributed by atoms with Crippen molar-refractivity contribution in [2.75, 3.05) is 5.32 Å². The summed E-state index contributed by atoms with van der Waals surface area (Å²) < 4.78 is 1.90. The lowest BCUT2D eigenvalue weighted by atomic mass is 10.2. The van der Waals surface area contributed by atoms with Gasteiger partial charge in [-0.25, -0.2) is 0 Å². The van der Waals surface area contributed by atoms with Gasteiger partial charge >= 0.3 is 0 Å². The molecule has 2 heterocycles. The molecule has 0 amide bonds. The summed E-state index contributed by atoms with van der Waals surface area (Å²) >= 11 is 0. The predicted molar refractivity (Wildman–Crippen MR) is 78.0 cm³/mol. The molecule has 1 aromatic carbocycles.